The van der Waals surface area contributed by atoms with Crippen LogP contribution in [0.1, 0.15) is 82.1 Å². The molecule has 3 aromatic rings. The number of carbonyl (C=O) groups excluding carboxylic acids is 1. The number of hydrogen-bond donors (Lipinski definition) is 0. The number of benzene rings is 3. The number of hydrogen-bond acceptors (Lipinski definition) is 4. The molecule has 1 aliphatic heterocycles. The number of halogens is 2. The fourth-order valence-electron chi connectivity index (χ4n) is 7.14. The standard InChI is InChI=1S/C36H44Cl2N2O3S/c1-24-21-27-9-5-6-11-30(27)34(35(24)43-3)36(41)39(2)23-28(26-13-14-31(37)32(38)22-26)17-20-40-18-15-25(16-19-40)29-10-7-8-12-33(29)44(4)42/h7-8,10,12-14,21-22,25,28H,5-6,9,11,15-20,23H2,1-4H3. The van der Waals surface area contributed by atoms with Crippen LogP contribution in [0, 0.1) is 6.92 Å². The van der Waals surface area contributed by atoms with Gasteiger partial charge in [-0.15, -0.1) is 0 Å². The Labute approximate surface area is 276 Å². The molecule has 1 fully saturated rings. The Hall–Kier alpha value is -2.22. The summed E-state index contributed by atoms with van der Waals surface area (Å²) in [6.45, 7) is 5.50. The molecule has 2 unspecified atom stereocenters. The number of fused-ring (bicyclic) bond motifs is 1. The van der Waals surface area contributed by atoms with Crippen molar-refractivity contribution in [2.45, 2.75) is 68.6 Å². The second kappa shape index (κ2) is 14.9. The number of aryl methyl sites for hydroxylation is 2. The van der Waals surface area contributed by atoms with E-state index in [1.54, 1.807) is 13.4 Å². The number of nitrogens with zero attached hydrogens (tertiary/aromatic N) is 2. The first-order chi connectivity index (χ1) is 21.2. The number of carbonyl (C=O) groups is 1. The van der Waals surface area contributed by atoms with Gasteiger partial charge in [0.1, 0.15) is 12.0 Å². The molecule has 0 saturated carbocycles. The molecule has 44 heavy (non-hydrogen) atoms. The molecule has 0 spiro atoms. The van der Waals surface area contributed by atoms with Gasteiger partial charge in [0, 0.05) is 25.1 Å². The van der Waals surface area contributed by atoms with E-state index >= 15 is 0 Å². The van der Waals surface area contributed by atoms with E-state index in [0.717, 1.165) is 91.7 Å². The molecule has 0 aromatic heterocycles. The number of piperidine rings is 1. The molecule has 5 nitrogen and oxygen atoms in total. The van der Waals surface area contributed by atoms with Crippen LogP contribution < -0.4 is 4.74 Å². The largest absolute Gasteiger partial charge is 0.612 e. The van der Waals surface area contributed by atoms with Crippen LogP contribution in [0.25, 0.3) is 0 Å². The minimum atomic E-state index is -0.988. The molecule has 1 amide bonds. The maximum atomic E-state index is 14.2. The highest BCUT2D eigenvalue weighted by atomic mass is 35.5. The van der Waals surface area contributed by atoms with E-state index in [-0.39, 0.29) is 11.8 Å². The van der Waals surface area contributed by atoms with E-state index in [2.05, 4.69) is 23.1 Å². The highest BCUT2D eigenvalue weighted by Gasteiger charge is 2.29. The molecule has 1 aliphatic carbocycles. The van der Waals surface area contributed by atoms with Crippen molar-refractivity contribution in [2.75, 3.05) is 46.6 Å². The second-order valence-electron chi connectivity index (χ2n) is 12.4. The zero-order chi connectivity index (χ0) is 31.4. The van der Waals surface area contributed by atoms with Crippen LogP contribution in [-0.2, 0) is 24.0 Å². The monoisotopic (exact) mass is 654 g/mol. The van der Waals surface area contributed by atoms with Gasteiger partial charge in [-0.3, -0.25) is 4.79 Å². The summed E-state index contributed by atoms with van der Waals surface area (Å²) in [7, 11) is 3.57. The number of likely N-dealkylation sites (N-methyl/N-ethyl adjacent to an activating group) is 1. The van der Waals surface area contributed by atoms with Crippen molar-refractivity contribution >= 4 is 40.3 Å². The molecule has 0 radical (unpaired) electrons. The summed E-state index contributed by atoms with van der Waals surface area (Å²) in [6, 6.07) is 16.2. The molecular weight excluding hydrogens is 611 g/mol. The van der Waals surface area contributed by atoms with Crippen LogP contribution >= 0.6 is 23.2 Å². The molecule has 8 heteroatoms. The van der Waals surface area contributed by atoms with Gasteiger partial charge in [0.15, 0.2) is 4.90 Å². The first kappa shape index (κ1) is 33.2. The lowest BCUT2D eigenvalue weighted by molar-refractivity contribution is 0.0776. The van der Waals surface area contributed by atoms with Crippen LogP contribution in [0.3, 0.4) is 0 Å². The molecule has 236 valence electrons. The minimum absolute atomic E-state index is 0.0153. The zero-order valence-electron chi connectivity index (χ0n) is 26.3. The number of rotatable bonds is 10. The van der Waals surface area contributed by atoms with E-state index in [9.17, 15) is 9.35 Å². The van der Waals surface area contributed by atoms with Crippen molar-refractivity contribution in [2.24, 2.45) is 0 Å². The smallest absolute Gasteiger partial charge is 0.257 e. The van der Waals surface area contributed by atoms with Gasteiger partial charge in [-0.2, -0.15) is 0 Å². The van der Waals surface area contributed by atoms with Gasteiger partial charge in [-0.05, 0) is 129 Å². The van der Waals surface area contributed by atoms with E-state index < -0.39 is 11.2 Å². The Morgan fingerprint density at radius 3 is 2.52 bits per heavy atom. The van der Waals surface area contributed by atoms with Crippen molar-refractivity contribution in [1.82, 2.24) is 9.80 Å². The Morgan fingerprint density at radius 2 is 1.82 bits per heavy atom. The summed E-state index contributed by atoms with van der Waals surface area (Å²) >= 11 is 11.8. The highest BCUT2D eigenvalue weighted by Crippen LogP contribution is 2.37. The van der Waals surface area contributed by atoms with Gasteiger partial charge in [-0.1, -0.05) is 53.5 Å². The third kappa shape index (κ3) is 7.42. The molecule has 0 N–H and O–H groups in total. The summed E-state index contributed by atoms with van der Waals surface area (Å²) in [4.78, 5) is 19.5. The molecule has 3 aromatic carbocycles. The van der Waals surface area contributed by atoms with Crippen molar-refractivity contribution < 1.29 is 14.1 Å². The van der Waals surface area contributed by atoms with Crippen LogP contribution in [0.4, 0.5) is 0 Å². The molecule has 2 atom stereocenters. The first-order valence-electron chi connectivity index (χ1n) is 15.7. The van der Waals surface area contributed by atoms with Crippen LogP contribution in [0.15, 0.2) is 53.4 Å². The van der Waals surface area contributed by atoms with Crippen LogP contribution in [0.2, 0.25) is 10.0 Å². The Kier molecular flexibility index (Phi) is 11.2. The number of ether oxygens (including phenoxy) is 1. The lowest BCUT2D eigenvalue weighted by Crippen LogP contribution is -2.37. The normalized spacial score (nSPS) is 17.2. The van der Waals surface area contributed by atoms with Crippen molar-refractivity contribution in [3.8, 4) is 5.75 Å². The Morgan fingerprint density at radius 1 is 1.09 bits per heavy atom. The lowest BCUT2D eigenvalue weighted by atomic mass is 9.85. The quantitative estimate of drug-likeness (QED) is 0.208. The van der Waals surface area contributed by atoms with E-state index in [1.807, 2.05) is 49.2 Å². The van der Waals surface area contributed by atoms with E-state index in [0.29, 0.717) is 28.3 Å². The summed E-state index contributed by atoms with van der Waals surface area (Å²) in [5, 5.41) is 1.07. The summed E-state index contributed by atoms with van der Waals surface area (Å²) in [5.41, 5.74) is 6.50. The summed E-state index contributed by atoms with van der Waals surface area (Å²) in [6.07, 6.45) is 8.91. The highest BCUT2D eigenvalue weighted by molar-refractivity contribution is 7.90. The van der Waals surface area contributed by atoms with E-state index in [1.165, 1.54) is 11.1 Å². The van der Waals surface area contributed by atoms with Gasteiger partial charge < -0.3 is 19.1 Å². The van der Waals surface area contributed by atoms with Gasteiger partial charge in [0.25, 0.3) is 5.91 Å². The topological polar surface area (TPSA) is 55.8 Å². The molecule has 0 bridgehead atoms. The maximum absolute atomic E-state index is 14.2. The lowest BCUT2D eigenvalue weighted by Gasteiger charge is -2.34. The molecular formula is C36H44Cl2N2O3S. The van der Waals surface area contributed by atoms with Gasteiger partial charge >= 0.3 is 0 Å². The van der Waals surface area contributed by atoms with Crippen LogP contribution in [-0.4, -0.2) is 66.9 Å². The van der Waals surface area contributed by atoms with E-state index in [4.69, 9.17) is 27.9 Å². The zero-order valence-corrected chi connectivity index (χ0v) is 28.7. The average molecular weight is 656 g/mol. The number of amides is 1. The molecule has 1 heterocycles. The first-order valence-corrected chi connectivity index (χ1v) is 18.0. The van der Waals surface area contributed by atoms with Crippen LogP contribution in [0.5, 0.6) is 5.75 Å². The molecule has 1 saturated heterocycles. The van der Waals surface area contributed by atoms with Crippen molar-refractivity contribution in [1.29, 1.82) is 0 Å². The van der Waals surface area contributed by atoms with Gasteiger partial charge in [-0.25, -0.2) is 0 Å². The second-order valence-corrected chi connectivity index (χ2v) is 14.6. The Balaban J connectivity index is 1.31. The maximum Gasteiger partial charge on any atom is 0.257 e. The van der Waals surface area contributed by atoms with Crippen molar-refractivity contribution in [3.05, 3.63) is 92.0 Å². The predicted octanol–water partition coefficient (Wildman–Crippen LogP) is 8.05. The fourth-order valence-corrected chi connectivity index (χ4v) is 8.29. The third-order valence-corrected chi connectivity index (χ3v) is 11.2. The van der Waals surface area contributed by atoms with Gasteiger partial charge in [0.2, 0.25) is 0 Å². The predicted molar refractivity (Wildman–Crippen MR) is 182 cm³/mol. The number of likely N-dealkylation sites (tertiary alicyclic amines) is 1. The molecule has 5 rings (SSSR count). The number of methoxy groups -OCH3 is 1. The molecule has 2 aliphatic rings. The fraction of sp³-hybridized carbons (Fsp3) is 0.472. The third-order valence-electron chi connectivity index (χ3n) is 9.51. The summed E-state index contributed by atoms with van der Waals surface area (Å²) in [5.74, 6) is 1.23. The average Bonchev–Trinajstić information content (AvgIpc) is 3.03. The Bertz CT molecular complexity index is 1470. The van der Waals surface area contributed by atoms with Crippen molar-refractivity contribution in [3.63, 3.8) is 0 Å². The minimum Gasteiger partial charge on any atom is -0.612 e. The van der Waals surface area contributed by atoms with Gasteiger partial charge in [0.05, 0.1) is 22.7 Å². The SMILES string of the molecule is COc1c(C)cc2c(c1C(=O)N(C)CC(CCN1CCC(c3ccccc3[S+](C)[O-])CC1)c1ccc(Cl)c(Cl)c1)CCCC2. The summed E-state index contributed by atoms with van der Waals surface area (Å²) < 4.78 is 18.1.